The Kier molecular flexibility index (Phi) is 4.84. The van der Waals surface area contributed by atoms with Crippen LogP contribution < -0.4 is 9.47 Å². The average molecular weight is 347 g/mol. The van der Waals surface area contributed by atoms with Gasteiger partial charge in [-0.2, -0.15) is 5.10 Å². The number of amides is 1. The van der Waals surface area contributed by atoms with E-state index >= 15 is 0 Å². The molecule has 0 bridgehead atoms. The molecule has 9 heteroatoms. The lowest BCUT2D eigenvalue weighted by molar-refractivity contribution is 0.0738. The number of aliphatic hydroxyl groups is 1. The second-order valence-corrected chi connectivity index (χ2v) is 5.81. The largest absolute Gasteiger partial charge is 0.477 e. The molecule has 0 unspecified atom stereocenters. The fourth-order valence-electron chi connectivity index (χ4n) is 2.76. The van der Waals surface area contributed by atoms with Crippen LogP contribution in [0.25, 0.3) is 0 Å². The van der Waals surface area contributed by atoms with Crippen molar-refractivity contribution < 1.29 is 19.4 Å². The molecule has 3 rings (SSSR count). The second-order valence-electron chi connectivity index (χ2n) is 5.81. The Balaban J connectivity index is 1.84. The van der Waals surface area contributed by atoms with Crippen LogP contribution in [0.4, 0.5) is 0 Å². The van der Waals surface area contributed by atoms with Gasteiger partial charge in [-0.1, -0.05) is 0 Å². The van der Waals surface area contributed by atoms with Gasteiger partial charge in [0.25, 0.3) is 17.7 Å². The molecule has 1 aliphatic rings. The highest BCUT2D eigenvalue weighted by molar-refractivity contribution is 5.92. The molecule has 9 nitrogen and oxygen atoms in total. The minimum Gasteiger partial charge on any atom is -0.477 e. The van der Waals surface area contributed by atoms with Crippen LogP contribution in [0.15, 0.2) is 12.3 Å². The molecule has 0 saturated heterocycles. The van der Waals surface area contributed by atoms with Crippen LogP contribution in [0, 0.1) is 0 Å². The van der Waals surface area contributed by atoms with Crippen molar-refractivity contribution >= 4 is 5.91 Å². The normalized spacial score (nSPS) is 15.3. The Morgan fingerprint density at radius 1 is 1.28 bits per heavy atom. The van der Waals surface area contributed by atoms with Crippen molar-refractivity contribution in [3.8, 4) is 11.8 Å². The first-order valence-corrected chi connectivity index (χ1v) is 8.02. The van der Waals surface area contributed by atoms with Crippen molar-refractivity contribution in [2.45, 2.75) is 32.5 Å². The maximum absolute atomic E-state index is 12.8. The summed E-state index contributed by atoms with van der Waals surface area (Å²) in [5.41, 5.74) is 1.69. The monoisotopic (exact) mass is 347 g/mol. The van der Waals surface area contributed by atoms with Gasteiger partial charge in [-0.15, -0.1) is 0 Å². The van der Waals surface area contributed by atoms with Crippen LogP contribution in [-0.4, -0.2) is 56.4 Å². The van der Waals surface area contributed by atoms with E-state index in [0.717, 1.165) is 12.1 Å². The fourth-order valence-corrected chi connectivity index (χ4v) is 2.76. The number of aryl methyl sites for hydroxylation is 1. The van der Waals surface area contributed by atoms with Crippen LogP contribution in [0.2, 0.25) is 0 Å². The Bertz CT molecular complexity index is 774. The van der Waals surface area contributed by atoms with Crippen molar-refractivity contribution in [1.29, 1.82) is 0 Å². The number of ether oxygens (including phenoxy) is 2. The predicted molar refractivity (Wildman–Crippen MR) is 87.4 cm³/mol. The molecule has 1 aliphatic heterocycles. The standard InChI is InChI=1S/C16H21N5O4/c1-10(22)12-7-11-9-20(5-4-6-21(11)19-12)16(23)13-8-17-14(24-2)15(18-13)25-3/h7-8,10,22H,4-6,9H2,1-3H3/t10-/m0/s1. The van der Waals surface area contributed by atoms with Crippen LogP contribution >= 0.6 is 0 Å². The van der Waals surface area contributed by atoms with Gasteiger partial charge in [0, 0.05) is 13.1 Å². The fraction of sp³-hybridized carbons (Fsp3) is 0.500. The third-order valence-electron chi connectivity index (χ3n) is 4.06. The SMILES string of the molecule is COc1ncc(C(=O)N2CCCn3nc([C@H](C)O)cc3C2)nc1OC. The smallest absolute Gasteiger partial charge is 0.278 e. The summed E-state index contributed by atoms with van der Waals surface area (Å²) in [6.07, 6.45) is 1.51. The van der Waals surface area contributed by atoms with E-state index in [-0.39, 0.29) is 23.4 Å². The second kappa shape index (κ2) is 7.06. The zero-order valence-corrected chi connectivity index (χ0v) is 14.5. The van der Waals surface area contributed by atoms with E-state index in [2.05, 4.69) is 15.1 Å². The molecular weight excluding hydrogens is 326 g/mol. The van der Waals surface area contributed by atoms with Gasteiger partial charge in [0.15, 0.2) is 5.69 Å². The van der Waals surface area contributed by atoms with Gasteiger partial charge in [0.05, 0.1) is 44.5 Å². The van der Waals surface area contributed by atoms with Gasteiger partial charge in [-0.25, -0.2) is 9.97 Å². The number of carbonyl (C=O) groups excluding carboxylic acids is 1. The molecule has 1 N–H and O–H groups in total. The molecule has 0 spiro atoms. The van der Waals surface area contributed by atoms with Gasteiger partial charge >= 0.3 is 0 Å². The number of aliphatic hydroxyl groups excluding tert-OH is 1. The van der Waals surface area contributed by atoms with Gasteiger partial charge in [-0.05, 0) is 19.4 Å². The molecule has 0 aliphatic carbocycles. The summed E-state index contributed by atoms with van der Waals surface area (Å²) in [5, 5.41) is 14.1. The maximum atomic E-state index is 12.8. The molecule has 0 saturated carbocycles. The lowest BCUT2D eigenvalue weighted by Gasteiger charge is -2.19. The van der Waals surface area contributed by atoms with Crippen molar-refractivity contribution in [2.24, 2.45) is 0 Å². The molecule has 134 valence electrons. The molecule has 2 aromatic heterocycles. The highest BCUT2D eigenvalue weighted by Crippen LogP contribution is 2.23. The summed E-state index contributed by atoms with van der Waals surface area (Å²) in [6.45, 7) is 3.35. The van der Waals surface area contributed by atoms with Gasteiger partial charge < -0.3 is 19.5 Å². The third-order valence-corrected chi connectivity index (χ3v) is 4.06. The summed E-state index contributed by atoms with van der Waals surface area (Å²) in [7, 11) is 2.91. The number of aromatic nitrogens is 4. The minimum absolute atomic E-state index is 0.171. The number of hydrogen-bond acceptors (Lipinski definition) is 7. The first-order valence-electron chi connectivity index (χ1n) is 8.02. The maximum Gasteiger partial charge on any atom is 0.278 e. The lowest BCUT2D eigenvalue weighted by atomic mass is 10.2. The highest BCUT2D eigenvalue weighted by Gasteiger charge is 2.24. The van der Waals surface area contributed by atoms with E-state index in [0.29, 0.717) is 25.3 Å². The Morgan fingerprint density at radius 2 is 2.04 bits per heavy atom. The molecule has 0 radical (unpaired) electrons. The number of rotatable bonds is 4. The van der Waals surface area contributed by atoms with Crippen molar-refractivity contribution in [2.75, 3.05) is 20.8 Å². The van der Waals surface area contributed by atoms with E-state index < -0.39 is 6.10 Å². The molecule has 2 aromatic rings. The van der Waals surface area contributed by atoms with Crippen LogP contribution in [0.5, 0.6) is 11.8 Å². The summed E-state index contributed by atoms with van der Waals surface area (Å²) in [6, 6.07) is 1.83. The molecule has 1 amide bonds. The number of hydrogen-bond donors (Lipinski definition) is 1. The molecule has 25 heavy (non-hydrogen) atoms. The van der Waals surface area contributed by atoms with Gasteiger partial charge in [0.2, 0.25) is 0 Å². The number of fused-ring (bicyclic) bond motifs is 1. The summed E-state index contributed by atoms with van der Waals surface area (Å²) >= 11 is 0. The molecule has 1 atom stereocenters. The number of carbonyl (C=O) groups is 1. The van der Waals surface area contributed by atoms with Crippen molar-refractivity contribution in [3.63, 3.8) is 0 Å². The van der Waals surface area contributed by atoms with E-state index in [1.807, 2.05) is 10.7 Å². The van der Waals surface area contributed by atoms with Gasteiger partial charge in [0.1, 0.15) is 0 Å². The molecule has 0 aromatic carbocycles. The topological polar surface area (TPSA) is 103 Å². The van der Waals surface area contributed by atoms with E-state index in [1.54, 1.807) is 11.8 Å². The van der Waals surface area contributed by atoms with Crippen molar-refractivity contribution in [1.82, 2.24) is 24.6 Å². The zero-order chi connectivity index (χ0) is 18.0. The Hall–Kier alpha value is -2.68. The minimum atomic E-state index is -0.639. The summed E-state index contributed by atoms with van der Waals surface area (Å²) in [4.78, 5) is 22.8. The van der Waals surface area contributed by atoms with Gasteiger partial charge in [-0.3, -0.25) is 9.48 Å². The summed E-state index contributed by atoms with van der Waals surface area (Å²) in [5.74, 6) is 0.167. The van der Waals surface area contributed by atoms with E-state index in [4.69, 9.17) is 9.47 Å². The summed E-state index contributed by atoms with van der Waals surface area (Å²) < 4.78 is 12.0. The number of methoxy groups -OCH3 is 2. The van der Waals surface area contributed by atoms with E-state index in [1.165, 1.54) is 20.4 Å². The van der Waals surface area contributed by atoms with Crippen LogP contribution in [0.3, 0.4) is 0 Å². The van der Waals surface area contributed by atoms with Crippen molar-refractivity contribution in [3.05, 3.63) is 29.3 Å². The first-order chi connectivity index (χ1) is 12.0. The Labute approximate surface area is 145 Å². The molecule has 0 fully saturated rings. The van der Waals surface area contributed by atoms with Crippen LogP contribution in [0.1, 0.15) is 41.3 Å². The quantitative estimate of drug-likeness (QED) is 0.872. The average Bonchev–Trinajstić information content (AvgIpc) is 2.92. The number of nitrogens with zero attached hydrogens (tertiary/aromatic N) is 5. The van der Waals surface area contributed by atoms with E-state index in [9.17, 15) is 9.90 Å². The predicted octanol–water partition coefficient (Wildman–Crippen LogP) is 0.790. The first kappa shape index (κ1) is 17.2. The lowest BCUT2D eigenvalue weighted by Crippen LogP contribution is -2.31. The Morgan fingerprint density at radius 3 is 2.72 bits per heavy atom. The molecule has 3 heterocycles. The molecular formula is C16H21N5O4. The highest BCUT2D eigenvalue weighted by atomic mass is 16.5. The third kappa shape index (κ3) is 3.41. The zero-order valence-electron chi connectivity index (χ0n) is 14.5. The van der Waals surface area contributed by atoms with Crippen LogP contribution in [-0.2, 0) is 13.1 Å².